The molecule has 0 spiro atoms. The quantitative estimate of drug-likeness (QED) is 0.407. The second-order valence-electron chi connectivity index (χ2n) is 10.1. The standard InChI is InChI=1S/C28H32ClN3O4/c1-18-25(27(35)32(31(18)4)21-10-6-5-7-11-21)30-24(34)17-28(2,3)13-12-23(33)22-16-20(29)15-19-9-8-14-36-26(19)22/h5-7,10-11,15-16H,8-9,12-14,17H2,1-4H3,(H,30,34). The Morgan fingerprint density at radius 1 is 1.17 bits per heavy atom. The minimum absolute atomic E-state index is 0.0474. The number of hydrogen-bond donors (Lipinski definition) is 1. The van der Waals surface area contributed by atoms with Gasteiger partial charge in [-0.2, -0.15) is 0 Å². The molecule has 1 aliphatic heterocycles. The number of hydrogen-bond acceptors (Lipinski definition) is 4. The topological polar surface area (TPSA) is 82.3 Å². The molecule has 0 saturated carbocycles. The molecule has 7 nitrogen and oxygen atoms in total. The van der Waals surface area contributed by atoms with Gasteiger partial charge >= 0.3 is 0 Å². The Morgan fingerprint density at radius 3 is 2.61 bits per heavy atom. The lowest BCUT2D eigenvalue weighted by Crippen LogP contribution is -2.26. The van der Waals surface area contributed by atoms with Crippen LogP contribution in [0.4, 0.5) is 5.69 Å². The van der Waals surface area contributed by atoms with Gasteiger partial charge in [-0.1, -0.05) is 43.6 Å². The van der Waals surface area contributed by atoms with Crippen molar-refractivity contribution >= 4 is 29.0 Å². The molecule has 0 aliphatic carbocycles. The Balaban J connectivity index is 1.43. The van der Waals surface area contributed by atoms with Gasteiger partial charge in [-0.15, -0.1) is 0 Å². The molecule has 0 radical (unpaired) electrons. The third-order valence-corrected chi connectivity index (χ3v) is 6.97. The van der Waals surface area contributed by atoms with Crippen LogP contribution in [-0.4, -0.2) is 27.7 Å². The van der Waals surface area contributed by atoms with Crippen LogP contribution in [0.1, 0.15) is 61.1 Å². The van der Waals surface area contributed by atoms with Gasteiger partial charge in [0.2, 0.25) is 5.91 Å². The highest BCUT2D eigenvalue weighted by atomic mass is 35.5. The average molecular weight is 510 g/mol. The molecule has 2 aromatic carbocycles. The van der Waals surface area contributed by atoms with Crippen molar-refractivity contribution in [3.63, 3.8) is 0 Å². The maximum absolute atomic E-state index is 13.1. The van der Waals surface area contributed by atoms with E-state index in [1.165, 1.54) is 4.68 Å². The van der Waals surface area contributed by atoms with Gasteiger partial charge in [0.05, 0.1) is 23.6 Å². The molecule has 0 unspecified atom stereocenters. The maximum atomic E-state index is 13.1. The predicted molar refractivity (Wildman–Crippen MR) is 142 cm³/mol. The SMILES string of the molecule is Cc1c(NC(=O)CC(C)(C)CCC(=O)c2cc(Cl)cc3c2OCCC3)c(=O)n(-c2ccccc2)n1C. The van der Waals surface area contributed by atoms with Crippen molar-refractivity contribution in [2.75, 3.05) is 11.9 Å². The molecule has 0 atom stereocenters. The highest BCUT2D eigenvalue weighted by Gasteiger charge is 2.27. The fourth-order valence-corrected chi connectivity index (χ4v) is 4.90. The molecule has 1 amide bonds. The van der Waals surface area contributed by atoms with Gasteiger partial charge in [0.15, 0.2) is 5.78 Å². The number of Topliss-reactive ketones (excluding diaryl/α,β-unsaturated/α-hetero) is 1. The van der Waals surface area contributed by atoms with Crippen molar-refractivity contribution in [3.05, 3.63) is 74.7 Å². The van der Waals surface area contributed by atoms with Crippen LogP contribution in [0.2, 0.25) is 5.02 Å². The van der Waals surface area contributed by atoms with E-state index >= 15 is 0 Å². The number of halogens is 1. The van der Waals surface area contributed by atoms with Gasteiger partial charge in [0.1, 0.15) is 11.4 Å². The minimum Gasteiger partial charge on any atom is -0.493 e. The molecule has 3 aromatic rings. The number of anilines is 1. The molecule has 4 rings (SSSR count). The number of rotatable bonds is 8. The van der Waals surface area contributed by atoms with Crippen LogP contribution in [-0.2, 0) is 18.3 Å². The number of nitrogens with one attached hydrogen (secondary N) is 1. The van der Waals surface area contributed by atoms with E-state index in [4.69, 9.17) is 16.3 Å². The van der Waals surface area contributed by atoms with Crippen LogP contribution in [0.5, 0.6) is 5.75 Å². The van der Waals surface area contributed by atoms with Crippen molar-refractivity contribution in [2.24, 2.45) is 12.5 Å². The van der Waals surface area contributed by atoms with E-state index in [1.807, 2.05) is 50.2 Å². The Hall–Kier alpha value is -3.32. The molecular formula is C28H32ClN3O4. The van der Waals surface area contributed by atoms with Crippen molar-refractivity contribution in [2.45, 2.75) is 52.9 Å². The summed E-state index contributed by atoms with van der Waals surface area (Å²) in [5.41, 5.74) is 2.39. The number of para-hydroxylation sites is 1. The van der Waals surface area contributed by atoms with E-state index in [0.29, 0.717) is 35.1 Å². The summed E-state index contributed by atoms with van der Waals surface area (Å²) in [5, 5.41) is 3.35. The lowest BCUT2D eigenvalue weighted by atomic mass is 9.82. The summed E-state index contributed by atoms with van der Waals surface area (Å²) in [5.74, 6) is 0.330. The van der Waals surface area contributed by atoms with Crippen LogP contribution in [0.25, 0.3) is 5.69 Å². The van der Waals surface area contributed by atoms with Crippen LogP contribution in [0, 0.1) is 12.3 Å². The van der Waals surface area contributed by atoms with Gasteiger partial charge in [-0.25, -0.2) is 4.68 Å². The lowest BCUT2D eigenvalue weighted by molar-refractivity contribution is -0.118. The number of aromatic nitrogens is 2. The molecule has 0 fully saturated rings. The Kier molecular flexibility index (Phi) is 7.41. The number of nitrogens with zero attached hydrogens (tertiary/aromatic N) is 2. The third kappa shape index (κ3) is 5.41. The molecule has 190 valence electrons. The molecule has 0 bridgehead atoms. The molecule has 1 aliphatic rings. The number of carbonyl (C=O) groups excluding carboxylic acids is 2. The van der Waals surface area contributed by atoms with Gasteiger partial charge in [-0.3, -0.25) is 19.1 Å². The number of aryl methyl sites for hydroxylation is 1. The van der Waals surface area contributed by atoms with Crippen LogP contribution in [0.15, 0.2) is 47.3 Å². The Bertz CT molecular complexity index is 1360. The zero-order valence-electron chi connectivity index (χ0n) is 21.2. The first-order chi connectivity index (χ1) is 17.1. The molecule has 1 aromatic heterocycles. The third-order valence-electron chi connectivity index (χ3n) is 6.75. The van der Waals surface area contributed by atoms with Crippen molar-refractivity contribution in [1.82, 2.24) is 9.36 Å². The zero-order chi connectivity index (χ0) is 26.0. The summed E-state index contributed by atoms with van der Waals surface area (Å²) in [7, 11) is 1.78. The lowest BCUT2D eigenvalue weighted by Gasteiger charge is -2.24. The van der Waals surface area contributed by atoms with E-state index in [2.05, 4.69) is 5.32 Å². The number of fused-ring (bicyclic) bond motifs is 1. The number of amides is 1. The second-order valence-corrected chi connectivity index (χ2v) is 10.6. The fraction of sp³-hybridized carbons (Fsp3) is 0.393. The highest BCUT2D eigenvalue weighted by molar-refractivity contribution is 6.31. The second kappa shape index (κ2) is 10.3. The summed E-state index contributed by atoms with van der Waals surface area (Å²) >= 11 is 6.25. The van der Waals surface area contributed by atoms with Gasteiger partial charge in [0.25, 0.3) is 5.56 Å². The van der Waals surface area contributed by atoms with Crippen molar-refractivity contribution in [1.29, 1.82) is 0 Å². The zero-order valence-corrected chi connectivity index (χ0v) is 21.9. The number of ketones is 1. The smallest absolute Gasteiger partial charge is 0.295 e. The van der Waals surface area contributed by atoms with Crippen molar-refractivity contribution < 1.29 is 14.3 Å². The van der Waals surface area contributed by atoms with E-state index in [-0.39, 0.29) is 35.8 Å². The van der Waals surface area contributed by atoms with E-state index in [9.17, 15) is 14.4 Å². The van der Waals surface area contributed by atoms with E-state index in [0.717, 1.165) is 24.1 Å². The Labute approximate surface area is 216 Å². The predicted octanol–water partition coefficient (Wildman–Crippen LogP) is 5.48. The average Bonchev–Trinajstić information content (AvgIpc) is 3.05. The largest absolute Gasteiger partial charge is 0.493 e. The monoisotopic (exact) mass is 509 g/mol. The molecule has 1 N–H and O–H groups in total. The van der Waals surface area contributed by atoms with Crippen LogP contribution < -0.4 is 15.6 Å². The first-order valence-corrected chi connectivity index (χ1v) is 12.6. The minimum atomic E-state index is -0.458. The van der Waals surface area contributed by atoms with E-state index in [1.54, 1.807) is 24.7 Å². The van der Waals surface area contributed by atoms with E-state index < -0.39 is 5.41 Å². The summed E-state index contributed by atoms with van der Waals surface area (Å²) < 4.78 is 9.04. The normalized spacial score (nSPS) is 13.1. The fourth-order valence-electron chi connectivity index (χ4n) is 4.66. The van der Waals surface area contributed by atoms with Crippen molar-refractivity contribution in [3.8, 4) is 11.4 Å². The molecule has 8 heteroatoms. The number of ether oxygens (including phenoxy) is 1. The molecule has 36 heavy (non-hydrogen) atoms. The van der Waals surface area contributed by atoms with Crippen LogP contribution in [0.3, 0.4) is 0 Å². The maximum Gasteiger partial charge on any atom is 0.295 e. The summed E-state index contributed by atoms with van der Waals surface area (Å²) in [6.07, 6.45) is 2.68. The first-order valence-electron chi connectivity index (χ1n) is 12.2. The number of carbonyl (C=O) groups is 2. The van der Waals surface area contributed by atoms with Gasteiger partial charge < -0.3 is 10.1 Å². The first kappa shape index (κ1) is 25.8. The summed E-state index contributed by atoms with van der Waals surface area (Å²) in [4.78, 5) is 39.1. The highest BCUT2D eigenvalue weighted by Crippen LogP contribution is 2.35. The summed E-state index contributed by atoms with van der Waals surface area (Å²) in [6.45, 7) is 6.28. The molecule has 0 saturated heterocycles. The molecule has 2 heterocycles. The van der Waals surface area contributed by atoms with Gasteiger partial charge in [-0.05, 0) is 61.4 Å². The number of benzene rings is 2. The summed E-state index contributed by atoms with van der Waals surface area (Å²) in [6, 6.07) is 12.8. The van der Waals surface area contributed by atoms with Gasteiger partial charge in [0, 0.05) is 24.9 Å². The Morgan fingerprint density at radius 2 is 1.89 bits per heavy atom. The molecular weight excluding hydrogens is 478 g/mol. The van der Waals surface area contributed by atoms with Crippen LogP contribution >= 0.6 is 11.6 Å².